The second-order valence-electron chi connectivity index (χ2n) is 10.3. The summed E-state index contributed by atoms with van der Waals surface area (Å²) in [6.45, 7) is 10.7. The average molecular weight is 627 g/mol. The van der Waals surface area contributed by atoms with Crippen molar-refractivity contribution in [1.29, 1.82) is 0 Å². The summed E-state index contributed by atoms with van der Waals surface area (Å²) in [4.78, 5) is 38.1. The molecule has 1 aliphatic rings. The maximum Gasteiger partial charge on any atom is 0.250 e. The van der Waals surface area contributed by atoms with Crippen LogP contribution in [0.4, 0.5) is 17.1 Å². The molecule has 1 aliphatic carbocycles. The van der Waals surface area contributed by atoms with Gasteiger partial charge in [-0.15, -0.1) is 18.1 Å². The monoisotopic (exact) mass is 626 g/mol. The van der Waals surface area contributed by atoms with Crippen molar-refractivity contribution >= 4 is 48.1 Å². The highest BCUT2D eigenvalue weighted by atomic mass is 31.1. The molecule has 11 heteroatoms. The zero-order valence-corrected chi connectivity index (χ0v) is 27.5. The molecular weight excluding hydrogens is 583 g/mol. The Morgan fingerprint density at radius 3 is 2.42 bits per heavy atom. The van der Waals surface area contributed by atoms with Gasteiger partial charge in [0.25, 0.3) is 0 Å². The lowest BCUT2D eigenvalue weighted by Gasteiger charge is -2.23. The number of aromatic nitrogens is 1. The van der Waals surface area contributed by atoms with E-state index in [1.165, 1.54) is 23.2 Å². The van der Waals surface area contributed by atoms with Gasteiger partial charge in [-0.2, -0.15) is 5.01 Å². The van der Waals surface area contributed by atoms with Crippen LogP contribution in [0.5, 0.6) is 0 Å². The number of hydrogen-bond donors (Lipinski definition) is 2. The summed E-state index contributed by atoms with van der Waals surface area (Å²) >= 11 is 0. The molecular formula is C34H43N8O2P. The number of amides is 1. The predicted octanol–water partition coefficient (Wildman–Crippen LogP) is 5.33. The van der Waals surface area contributed by atoms with Crippen LogP contribution < -0.4 is 31.7 Å². The SMILES string of the molecule is C=C.CCN=C(Nc1cccc(N(C)C(=O)/C=C/CN(C)C2CC2)c1)/C(=C(\C)N)N(N=O)c1ccc(Pc2ccccc2)nc1. The van der Waals surface area contributed by atoms with E-state index in [-0.39, 0.29) is 5.91 Å². The van der Waals surface area contributed by atoms with Crippen LogP contribution in [-0.4, -0.2) is 54.9 Å². The van der Waals surface area contributed by atoms with Gasteiger partial charge < -0.3 is 16.0 Å². The van der Waals surface area contributed by atoms with Crippen LogP contribution in [0.25, 0.3) is 0 Å². The van der Waals surface area contributed by atoms with Gasteiger partial charge in [0, 0.05) is 49.3 Å². The van der Waals surface area contributed by atoms with E-state index >= 15 is 0 Å². The minimum atomic E-state index is -0.123. The van der Waals surface area contributed by atoms with Gasteiger partial charge in [0.15, 0.2) is 5.84 Å². The third kappa shape index (κ3) is 10.2. The fourth-order valence-corrected chi connectivity index (χ4v) is 5.36. The third-order valence-electron chi connectivity index (χ3n) is 6.90. The van der Waals surface area contributed by atoms with Crippen LogP contribution >= 0.6 is 8.58 Å². The molecule has 3 aromatic rings. The minimum absolute atomic E-state index is 0.123. The number of benzene rings is 2. The topological polar surface area (TPSA) is 120 Å². The first-order valence-electron chi connectivity index (χ1n) is 14.7. The van der Waals surface area contributed by atoms with E-state index in [0.29, 0.717) is 55.5 Å². The van der Waals surface area contributed by atoms with Crippen molar-refractivity contribution in [2.75, 3.05) is 42.4 Å². The summed E-state index contributed by atoms with van der Waals surface area (Å²) in [5.74, 6) is 0.244. The van der Waals surface area contributed by atoms with Crippen molar-refractivity contribution in [3.8, 4) is 0 Å². The zero-order valence-electron chi connectivity index (χ0n) is 26.5. The summed E-state index contributed by atoms with van der Waals surface area (Å²) < 4.78 is 0. The Morgan fingerprint density at radius 2 is 1.82 bits per heavy atom. The van der Waals surface area contributed by atoms with Gasteiger partial charge in [0.1, 0.15) is 5.70 Å². The first-order chi connectivity index (χ1) is 21.8. The molecule has 0 bridgehead atoms. The van der Waals surface area contributed by atoms with Crippen LogP contribution in [0.1, 0.15) is 26.7 Å². The van der Waals surface area contributed by atoms with E-state index in [0.717, 1.165) is 12.0 Å². The molecule has 10 nitrogen and oxygen atoms in total. The van der Waals surface area contributed by atoms with Crippen LogP contribution in [-0.2, 0) is 4.79 Å². The van der Waals surface area contributed by atoms with E-state index in [4.69, 9.17) is 5.73 Å². The lowest BCUT2D eigenvalue weighted by molar-refractivity contribution is -0.113. The molecule has 1 heterocycles. The smallest absolute Gasteiger partial charge is 0.250 e. The van der Waals surface area contributed by atoms with E-state index in [9.17, 15) is 9.70 Å². The van der Waals surface area contributed by atoms with Crippen molar-refractivity contribution in [2.45, 2.75) is 32.7 Å². The second kappa shape index (κ2) is 17.6. The van der Waals surface area contributed by atoms with Gasteiger partial charge in [-0.05, 0) is 78.0 Å². The Kier molecular flexibility index (Phi) is 13.6. The van der Waals surface area contributed by atoms with E-state index in [2.05, 4.69) is 57.8 Å². The second-order valence-corrected chi connectivity index (χ2v) is 11.6. The maximum atomic E-state index is 12.8. The molecule has 1 fully saturated rings. The number of nitroso groups, excluding NO2 is 1. The number of carbonyl (C=O) groups excluding carboxylic acids is 1. The highest BCUT2D eigenvalue weighted by molar-refractivity contribution is 7.55. The van der Waals surface area contributed by atoms with Gasteiger partial charge in [0.05, 0.1) is 22.6 Å². The number of likely N-dealkylation sites (N-methyl/N-ethyl adjacent to an activating group) is 2. The Bertz CT molecular complexity index is 1500. The van der Waals surface area contributed by atoms with Crippen molar-refractivity contribution in [2.24, 2.45) is 16.0 Å². The zero-order chi connectivity index (χ0) is 32.8. The molecule has 1 saturated carbocycles. The van der Waals surface area contributed by atoms with Crippen molar-refractivity contribution < 1.29 is 4.79 Å². The van der Waals surface area contributed by atoms with Gasteiger partial charge in [-0.1, -0.05) is 42.5 Å². The summed E-state index contributed by atoms with van der Waals surface area (Å²) in [7, 11) is 4.19. The van der Waals surface area contributed by atoms with Crippen LogP contribution in [0.3, 0.4) is 0 Å². The minimum Gasteiger partial charge on any atom is -0.400 e. The van der Waals surface area contributed by atoms with Gasteiger partial charge in [-0.3, -0.25) is 19.7 Å². The predicted molar refractivity (Wildman–Crippen MR) is 191 cm³/mol. The maximum absolute atomic E-state index is 12.8. The normalized spacial score (nSPS) is 13.8. The van der Waals surface area contributed by atoms with Crippen LogP contribution in [0.15, 0.2) is 120 Å². The standard InChI is InChI=1S/C32H39N8O2P.C2H4/c1-5-34-32(36-24-11-9-12-26(21-24)39(4)30(41)15-10-20-38(3)25-16-17-25)31(23(2)33)40(37-42)27-18-19-29(35-22-27)43-28-13-7-6-8-14-28;1-2/h6-15,18-19,21-22,25,43H,5,16-17,20,33H2,1-4H3,(H,34,36);1-2H2/b15-10+,31-23-;. The first kappa shape index (κ1) is 34.8. The van der Waals surface area contributed by atoms with E-state index < -0.39 is 0 Å². The Balaban J connectivity index is 0.00000271. The van der Waals surface area contributed by atoms with E-state index in [1.54, 1.807) is 37.2 Å². The molecule has 45 heavy (non-hydrogen) atoms. The van der Waals surface area contributed by atoms with Crippen LogP contribution in [0, 0.1) is 4.91 Å². The number of hydrogen-bond acceptors (Lipinski definition) is 7. The summed E-state index contributed by atoms with van der Waals surface area (Å²) in [5.41, 5.74) is 9.69. The highest BCUT2D eigenvalue weighted by Crippen LogP contribution is 2.26. The molecule has 1 amide bonds. The number of allylic oxidation sites excluding steroid dienone is 1. The number of rotatable bonds is 13. The number of amidine groups is 1. The van der Waals surface area contributed by atoms with Crippen molar-refractivity contribution in [1.82, 2.24) is 9.88 Å². The average Bonchev–Trinajstić information content (AvgIpc) is 3.91. The molecule has 0 aliphatic heterocycles. The van der Waals surface area contributed by atoms with Crippen molar-refractivity contribution in [3.63, 3.8) is 0 Å². The summed E-state index contributed by atoms with van der Waals surface area (Å²) in [6, 6.07) is 21.8. The quantitative estimate of drug-likeness (QED) is 0.0500. The number of pyridine rings is 1. The first-order valence-corrected chi connectivity index (χ1v) is 15.7. The molecule has 0 saturated heterocycles. The van der Waals surface area contributed by atoms with Gasteiger partial charge in [-0.25, -0.2) is 0 Å². The number of nitrogens with two attached hydrogens (primary N) is 1. The fraction of sp³-hybridized carbons (Fsp3) is 0.265. The molecule has 236 valence electrons. The Morgan fingerprint density at radius 1 is 1.09 bits per heavy atom. The van der Waals surface area contributed by atoms with Gasteiger partial charge in [0.2, 0.25) is 5.91 Å². The largest absolute Gasteiger partial charge is 0.400 e. The molecule has 2 aromatic carbocycles. The third-order valence-corrected chi connectivity index (χ3v) is 8.07. The van der Waals surface area contributed by atoms with Crippen LogP contribution in [0.2, 0.25) is 0 Å². The number of nitrogens with zero attached hydrogens (tertiary/aromatic N) is 6. The summed E-state index contributed by atoms with van der Waals surface area (Å²) in [6.07, 6.45) is 7.56. The number of carbonyl (C=O) groups is 1. The number of anilines is 3. The molecule has 0 radical (unpaired) electrons. The fourth-order valence-electron chi connectivity index (χ4n) is 4.41. The number of aliphatic imine (C=N–C) groups is 1. The molecule has 4 rings (SSSR count). The molecule has 0 spiro atoms. The molecule has 1 aromatic heterocycles. The molecule has 3 N–H and O–H groups in total. The Hall–Kier alpha value is -4.66. The highest BCUT2D eigenvalue weighted by Gasteiger charge is 2.25. The summed E-state index contributed by atoms with van der Waals surface area (Å²) in [5, 5.41) is 8.94. The van der Waals surface area contributed by atoms with Gasteiger partial charge >= 0.3 is 0 Å². The molecule has 1 atom stereocenters. The van der Waals surface area contributed by atoms with E-state index in [1.807, 2.05) is 61.5 Å². The molecule has 1 unspecified atom stereocenters. The number of nitrogens with one attached hydrogen (secondary N) is 1. The van der Waals surface area contributed by atoms with Crippen molar-refractivity contribution in [3.05, 3.63) is 115 Å². The lowest BCUT2D eigenvalue weighted by atomic mass is 10.2. The lowest BCUT2D eigenvalue weighted by Crippen LogP contribution is -2.31. The Labute approximate surface area is 268 Å².